The summed E-state index contributed by atoms with van der Waals surface area (Å²) in [6.45, 7) is 2.69. The number of piperidine rings is 1. The van der Waals surface area contributed by atoms with Gasteiger partial charge in [-0.05, 0) is 49.6 Å². The normalized spacial score (nSPS) is 14.4. The van der Waals surface area contributed by atoms with Crippen LogP contribution in [-0.4, -0.2) is 41.0 Å². The molecule has 0 aliphatic carbocycles. The van der Waals surface area contributed by atoms with E-state index in [4.69, 9.17) is 5.11 Å². The molecule has 7 nitrogen and oxygen atoms in total. The van der Waals surface area contributed by atoms with Crippen molar-refractivity contribution in [3.63, 3.8) is 0 Å². The monoisotopic (exact) mass is 381 g/mol. The highest BCUT2D eigenvalue weighted by atomic mass is 16.4. The second-order valence-corrected chi connectivity index (χ2v) is 6.88. The van der Waals surface area contributed by atoms with Gasteiger partial charge in [-0.25, -0.2) is 4.79 Å². The molecule has 0 atom stereocenters. The van der Waals surface area contributed by atoms with Crippen molar-refractivity contribution in [2.24, 2.45) is 5.92 Å². The number of carbonyl (C=O) groups excluding carboxylic acids is 2. The van der Waals surface area contributed by atoms with Gasteiger partial charge in [0, 0.05) is 30.0 Å². The Morgan fingerprint density at radius 2 is 1.68 bits per heavy atom. The van der Waals surface area contributed by atoms with Crippen LogP contribution in [0, 0.1) is 12.8 Å². The lowest BCUT2D eigenvalue weighted by molar-refractivity contribution is -0.143. The average molecular weight is 381 g/mol. The van der Waals surface area contributed by atoms with Crippen LogP contribution in [0.5, 0.6) is 0 Å². The van der Waals surface area contributed by atoms with Crippen molar-refractivity contribution in [2.75, 3.05) is 23.7 Å². The first kappa shape index (κ1) is 19.4. The first-order valence-electron chi connectivity index (χ1n) is 9.20. The second-order valence-electron chi connectivity index (χ2n) is 6.88. The van der Waals surface area contributed by atoms with E-state index in [-0.39, 0.29) is 17.9 Å². The summed E-state index contributed by atoms with van der Waals surface area (Å²) in [4.78, 5) is 37.5. The first-order chi connectivity index (χ1) is 13.4. The van der Waals surface area contributed by atoms with E-state index in [0.29, 0.717) is 42.9 Å². The van der Waals surface area contributed by atoms with Crippen molar-refractivity contribution >= 4 is 29.3 Å². The van der Waals surface area contributed by atoms with E-state index >= 15 is 0 Å². The van der Waals surface area contributed by atoms with Gasteiger partial charge in [-0.15, -0.1) is 0 Å². The number of carboxylic acid groups (broad SMARTS) is 1. The van der Waals surface area contributed by atoms with Crippen LogP contribution in [-0.2, 0) is 4.79 Å². The summed E-state index contributed by atoms with van der Waals surface area (Å²) in [6, 6.07) is 14.0. The van der Waals surface area contributed by atoms with Gasteiger partial charge in [0.15, 0.2) is 0 Å². The van der Waals surface area contributed by atoms with Crippen molar-refractivity contribution in [2.45, 2.75) is 19.8 Å². The minimum Gasteiger partial charge on any atom is -0.481 e. The lowest BCUT2D eigenvalue weighted by atomic mass is 9.97. The van der Waals surface area contributed by atoms with E-state index in [1.165, 1.54) is 0 Å². The molecule has 146 valence electrons. The molecule has 3 rings (SSSR count). The molecule has 28 heavy (non-hydrogen) atoms. The number of aryl methyl sites for hydroxylation is 1. The standard InChI is InChI=1S/C21H23N3O4/c1-14-7-8-17(22-19(25)15-5-3-2-4-6-15)13-18(14)23-21(28)24-11-9-16(10-12-24)20(26)27/h2-8,13,16H,9-12H2,1H3,(H,22,25)(H,23,28)(H,26,27). The number of hydrogen-bond acceptors (Lipinski definition) is 3. The molecule has 0 radical (unpaired) electrons. The van der Waals surface area contributed by atoms with E-state index in [2.05, 4.69) is 10.6 Å². The van der Waals surface area contributed by atoms with Crippen molar-refractivity contribution in [3.8, 4) is 0 Å². The molecule has 1 saturated heterocycles. The second kappa shape index (κ2) is 8.56. The lowest BCUT2D eigenvalue weighted by Crippen LogP contribution is -2.42. The Balaban J connectivity index is 1.64. The van der Waals surface area contributed by atoms with Gasteiger partial charge < -0.3 is 20.6 Å². The number of anilines is 2. The summed E-state index contributed by atoms with van der Waals surface area (Å²) >= 11 is 0. The van der Waals surface area contributed by atoms with Crippen molar-refractivity contribution in [1.29, 1.82) is 0 Å². The summed E-state index contributed by atoms with van der Waals surface area (Å²) in [5.74, 6) is -1.42. The number of urea groups is 1. The Morgan fingerprint density at radius 3 is 2.32 bits per heavy atom. The molecule has 1 aliphatic rings. The quantitative estimate of drug-likeness (QED) is 0.754. The minimum atomic E-state index is -0.808. The van der Waals surface area contributed by atoms with Crippen LogP contribution in [0.3, 0.4) is 0 Å². The molecule has 1 fully saturated rings. The minimum absolute atomic E-state index is 0.225. The number of carboxylic acids is 1. The molecular formula is C21H23N3O4. The molecule has 0 saturated carbocycles. The third kappa shape index (κ3) is 4.68. The van der Waals surface area contributed by atoms with E-state index in [1.54, 1.807) is 41.3 Å². The molecule has 0 unspecified atom stereocenters. The van der Waals surface area contributed by atoms with E-state index < -0.39 is 5.97 Å². The molecule has 2 aromatic carbocycles. The summed E-state index contributed by atoms with van der Waals surface area (Å²) in [6.07, 6.45) is 0.907. The lowest BCUT2D eigenvalue weighted by Gasteiger charge is -2.30. The van der Waals surface area contributed by atoms with Gasteiger partial charge >= 0.3 is 12.0 Å². The molecule has 1 heterocycles. The molecule has 7 heteroatoms. The molecule has 0 spiro atoms. The summed E-state index contributed by atoms with van der Waals surface area (Å²) < 4.78 is 0. The molecule has 3 N–H and O–H groups in total. The summed E-state index contributed by atoms with van der Waals surface area (Å²) in [5.41, 5.74) is 2.61. The Kier molecular flexibility index (Phi) is 5.93. The van der Waals surface area contributed by atoms with Crippen LogP contribution in [0.2, 0.25) is 0 Å². The Labute approximate surface area is 163 Å². The highest BCUT2D eigenvalue weighted by Crippen LogP contribution is 2.23. The Bertz CT molecular complexity index is 874. The zero-order valence-electron chi connectivity index (χ0n) is 15.6. The average Bonchev–Trinajstić information content (AvgIpc) is 2.71. The number of nitrogens with one attached hydrogen (secondary N) is 2. The number of nitrogens with zero attached hydrogens (tertiary/aromatic N) is 1. The predicted octanol–water partition coefficient (Wildman–Crippen LogP) is 3.58. The maximum Gasteiger partial charge on any atom is 0.321 e. The van der Waals surface area contributed by atoms with Gasteiger partial charge in [-0.1, -0.05) is 24.3 Å². The van der Waals surface area contributed by atoms with Crippen LogP contribution in [0.25, 0.3) is 0 Å². The zero-order chi connectivity index (χ0) is 20.1. The smallest absolute Gasteiger partial charge is 0.321 e. The number of rotatable bonds is 4. The third-order valence-electron chi connectivity index (χ3n) is 4.90. The van der Waals surface area contributed by atoms with Gasteiger partial charge in [0.1, 0.15) is 0 Å². The molecule has 1 aliphatic heterocycles. The fourth-order valence-electron chi connectivity index (χ4n) is 3.15. The van der Waals surface area contributed by atoms with Crippen LogP contribution in [0.4, 0.5) is 16.2 Å². The fourth-order valence-corrected chi connectivity index (χ4v) is 3.15. The van der Waals surface area contributed by atoms with E-state index in [0.717, 1.165) is 5.56 Å². The van der Waals surface area contributed by atoms with Crippen LogP contribution in [0.15, 0.2) is 48.5 Å². The maximum absolute atomic E-state index is 12.5. The molecule has 0 bridgehead atoms. The van der Waals surface area contributed by atoms with Crippen molar-refractivity contribution < 1.29 is 19.5 Å². The fraction of sp³-hybridized carbons (Fsp3) is 0.286. The largest absolute Gasteiger partial charge is 0.481 e. The number of aliphatic carboxylic acids is 1. The molecule has 2 aromatic rings. The van der Waals surface area contributed by atoms with Gasteiger partial charge in [-0.3, -0.25) is 9.59 Å². The predicted molar refractivity (Wildman–Crippen MR) is 107 cm³/mol. The molecule has 0 aromatic heterocycles. The topological polar surface area (TPSA) is 98.7 Å². The molecular weight excluding hydrogens is 358 g/mol. The van der Waals surface area contributed by atoms with Crippen molar-refractivity contribution in [1.82, 2.24) is 4.90 Å². The van der Waals surface area contributed by atoms with Crippen LogP contribution >= 0.6 is 0 Å². The van der Waals surface area contributed by atoms with Gasteiger partial charge in [0.25, 0.3) is 5.91 Å². The maximum atomic E-state index is 12.5. The van der Waals surface area contributed by atoms with E-state index in [1.807, 2.05) is 19.1 Å². The summed E-state index contributed by atoms with van der Waals surface area (Å²) in [5, 5.41) is 14.8. The Morgan fingerprint density at radius 1 is 1.00 bits per heavy atom. The Hall–Kier alpha value is -3.35. The number of likely N-dealkylation sites (tertiary alicyclic amines) is 1. The van der Waals surface area contributed by atoms with Crippen molar-refractivity contribution in [3.05, 3.63) is 59.7 Å². The van der Waals surface area contributed by atoms with Gasteiger partial charge in [-0.2, -0.15) is 0 Å². The third-order valence-corrected chi connectivity index (χ3v) is 4.90. The van der Waals surface area contributed by atoms with Crippen LogP contribution in [0.1, 0.15) is 28.8 Å². The molecule has 3 amide bonds. The number of benzene rings is 2. The highest BCUT2D eigenvalue weighted by molar-refractivity contribution is 6.04. The number of carbonyl (C=O) groups is 3. The van der Waals surface area contributed by atoms with Gasteiger partial charge in [0.05, 0.1) is 5.92 Å². The van der Waals surface area contributed by atoms with Crippen LogP contribution < -0.4 is 10.6 Å². The number of amides is 3. The zero-order valence-corrected chi connectivity index (χ0v) is 15.6. The highest BCUT2D eigenvalue weighted by Gasteiger charge is 2.27. The van der Waals surface area contributed by atoms with E-state index in [9.17, 15) is 14.4 Å². The SMILES string of the molecule is Cc1ccc(NC(=O)c2ccccc2)cc1NC(=O)N1CCC(C(=O)O)CC1. The first-order valence-corrected chi connectivity index (χ1v) is 9.20. The summed E-state index contributed by atoms with van der Waals surface area (Å²) in [7, 11) is 0. The van der Waals surface area contributed by atoms with Gasteiger partial charge in [0.2, 0.25) is 0 Å². The number of hydrogen-bond donors (Lipinski definition) is 3.